The third kappa shape index (κ3) is 2.74. The molecule has 1 fully saturated rings. The van der Waals surface area contributed by atoms with Crippen LogP contribution in [0.4, 0.5) is 0 Å². The van der Waals surface area contributed by atoms with E-state index in [0.29, 0.717) is 0 Å². The van der Waals surface area contributed by atoms with Crippen LogP contribution in [-0.2, 0) is 11.2 Å². The Bertz CT molecular complexity index is 386. The zero-order chi connectivity index (χ0) is 13.0. The van der Waals surface area contributed by atoms with E-state index >= 15 is 0 Å². The van der Waals surface area contributed by atoms with Crippen LogP contribution in [0.15, 0.2) is 24.3 Å². The first-order valence-corrected chi connectivity index (χ1v) is 6.88. The smallest absolute Gasteiger partial charge is 0.0861 e. The molecule has 1 aliphatic heterocycles. The van der Waals surface area contributed by atoms with Gasteiger partial charge >= 0.3 is 0 Å². The summed E-state index contributed by atoms with van der Waals surface area (Å²) >= 11 is 0. The molecule has 100 valence electrons. The first kappa shape index (κ1) is 13.5. The van der Waals surface area contributed by atoms with Gasteiger partial charge in [0.15, 0.2) is 0 Å². The quantitative estimate of drug-likeness (QED) is 0.636. The number of nitrogens with one attached hydrogen (secondary N) is 1. The molecule has 2 rings (SSSR count). The van der Waals surface area contributed by atoms with Crippen LogP contribution >= 0.6 is 0 Å². The second-order valence-corrected chi connectivity index (χ2v) is 5.32. The zero-order valence-electron chi connectivity index (χ0n) is 11.4. The van der Waals surface area contributed by atoms with Crippen molar-refractivity contribution in [2.45, 2.75) is 51.2 Å². The van der Waals surface area contributed by atoms with Gasteiger partial charge in [0.05, 0.1) is 11.6 Å². The Balaban J connectivity index is 2.26. The van der Waals surface area contributed by atoms with E-state index in [1.54, 1.807) is 0 Å². The lowest BCUT2D eigenvalue weighted by Crippen LogP contribution is -2.48. The van der Waals surface area contributed by atoms with Gasteiger partial charge in [0, 0.05) is 6.61 Å². The minimum atomic E-state index is -0.195. The van der Waals surface area contributed by atoms with Crippen LogP contribution in [0, 0.1) is 0 Å². The maximum Gasteiger partial charge on any atom is 0.0861 e. The molecule has 1 heterocycles. The highest BCUT2D eigenvalue weighted by molar-refractivity contribution is 5.28. The Hall–Kier alpha value is -0.900. The third-order valence-electron chi connectivity index (χ3n) is 3.97. The molecule has 18 heavy (non-hydrogen) atoms. The van der Waals surface area contributed by atoms with Gasteiger partial charge in [-0.05, 0) is 43.7 Å². The van der Waals surface area contributed by atoms with Crippen LogP contribution in [0.25, 0.3) is 0 Å². The Morgan fingerprint density at radius 3 is 2.89 bits per heavy atom. The molecular weight excluding hydrogens is 224 g/mol. The first-order valence-electron chi connectivity index (χ1n) is 6.88. The van der Waals surface area contributed by atoms with E-state index in [2.05, 4.69) is 43.5 Å². The van der Waals surface area contributed by atoms with E-state index in [9.17, 15) is 0 Å². The van der Waals surface area contributed by atoms with Crippen LogP contribution in [-0.4, -0.2) is 12.2 Å². The van der Waals surface area contributed by atoms with Crippen molar-refractivity contribution in [3.8, 4) is 0 Å². The van der Waals surface area contributed by atoms with Crippen LogP contribution < -0.4 is 11.3 Å². The monoisotopic (exact) mass is 248 g/mol. The van der Waals surface area contributed by atoms with Gasteiger partial charge in [-0.25, -0.2) is 0 Å². The normalized spacial score (nSPS) is 25.9. The molecule has 1 aliphatic rings. The molecule has 0 aliphatic carbocycles. The molecular formula is C15H24N2O. The minimum Gasteiger partial charge on any atom is -0.373 e. The summed E-state index contributed by atoms with van der Waals surface area (Å²) in [6.45, 7) is 5.17. The van der Waals surface area contributed by atoms with Crippen LogP contribution in [0.2, 0.25) is 0 Å². The fourth-order valence-electron chi connectivity index (χ4n) is 2.80. The topological polar surface area (TPSA) is 47.3 Å². The van der Waals surface area contributed by atoms with Crippen molar-refractivity contribution in [2.75, 3.05) is 6.61 Å². The van der Waals surface area contributed by atoms with Crippen molar-refractivity contribution < 1.29 is 4.74 Å². The summed E-state index contributed by atoms with van der Waals surface area (Å²) in [5.41, 5.74) is 5.32. The summed E-state index contributed by atoms with van der Waals surface area (Å²) in [5, 5.41) is 0. The van der Waals surface area contributed by atoms with Gasteiger partial charge in [0.2, 0.25) is 0 Å². The molecule has 0 saturated carbocycles. The van der Waals surface area contributed by atoms with Gasteiger partial charge in [-0.3, -0.25) is 11.3 Å². The minimum absolute atomic E-state index is 0.0595. The number of aryl methyl sites for hydroxylation is 1. The molecule has 0 spiro atoms. The summed E-state index contributed by atoms with van der Waals surface area (Å²) in [4.78, 5) is 0. The highest BCUT2D eigenvalue weighted by Crippen LogP contribution is 2.36. The second-order valence-electron chi connectivity index (χ2n) is 5.32. The van der Waals surface area contributed by atoms with E-state index in [1.165, 1.54) is 17.5 Å². The Morgan fingerprint density at radius 2 is 2.28 bits per heavy atom. The first-order chi connectivity index (χ1) is 8.69. The molecule has 2 unspecified atom stereocenters. The molecule has 1 aromatic carbocycles. The van der Waals surface area contributed by atoms with E-state index in [4.69, 9.17) is 10.6 Å². The second kappa shape index (κ2) is 5.83. The Labute approximate surface area is 110 Å². The van der Waals surface area contributed by atoms with Gasteiger partial charge in [-0.2, -0.15) is 0 Å². The third-order valence-corrected chi connectivity index (χ3v) is 3.97. The highest BCUT2D eigenvalue weighted by Gasteiger charge is 2.37. The standard InChI is InChI=1S/C15H24N2O/c1-3-12-7-6-8-13(11-12)14(17-16)15(2)9-4-5-10-18-15/h6-8,11,14,17H,3-5,9-10,16H2,1-2H3. The summed E-state index contributed by atoms with van der Waals surface area (Å²) in [5.74, 6) is 5.78. The van der Waals surface area contributed by atoms with E-state index in [0.717, 1.165) is 25.9 Å². The molecule has 0 bridgehead atoms. The summed E-state index contributed by atoms with van der Waals surface area (Å²) < 4.78 is 6.00. The summed E-state index contributed by atoms with van der Waals surface area (Å²) in [7, 11) is 0. The number of nitrogens with two attached hydrogens (primary N) is 1. The lowest BCUT2D eigenvalue weighted by atomic mass is 9.84. The lowest BCUT2D eigenvalue weighted by Gasteiger charge is -2.40. The van der Waals surface area contributed by atoms with E-state index < -0.39 is 0 Å². The van der Waals surface area contributed by atoms with Gasteiger partial charge < -0.3 is 4.74 Å². The van der Waals surface area contributed by atoms with Gasteiger partial charge in [0.25, 0.3) is 0 Å². The average Bonchev–Trinajstić information content (AvgIpc) is 2.40. The van der Waals surface area contributed by atoms with Gasteiger partial charge in [-0.15, -0.1) is 0 Å². The summed E-state index contributed by atoms with van der Waals surface area (Å²) in [6.07, 6.45) is 4.46. The fourth-order valence-corrected chi connectivity index (χ4v) is 2.80. The van der Waals surface area contributed by atoms with E-state index in [1.807, 2.05) is 0 Å². The maximum atomic E-state index is 6.00. The number of rotatable bonds is 4. The van der Waals surface area contributed by atoms with Crippen LogP contribution in [0.1, 0.15) is 50.3 Å². The number of ether oxygens (including phenoxy) is 1. The predicted octanol–water partition coefficient (Wildman–Crippen LogP) is 2.71. The van der Waals surface area contributed by atoms with Crippen molar-refractivity contribution in [3.63, 3.8) is 0 Å². The molecule has 3 N–H and O–H groups in total. The van der Waals surface area contributed by atoms with Crippen molar-refractivity contribution in [3.05, 3.63) is 35.4 Å². The molecule has 0 aromatic heterocycles. The molecule has 2 atom stereocenters. The van der Waals surface area contributed by atoms with Gasteiger partial charge in [-0.1, -0.05) is 31.2 Å². The van der Waals surface area contributed by atoms with E-state index in [-0.39, 0.29) is 11.6 Å². The molecule has 3 heteroatoms. The Morgan fingerprint density at radius 1 is 1.44 bits per heavy atom. The van der Waals surface area contributed by atoms with Crippen LogP contribution in [0.3, 0.4) is 0 Å². The zero-order valence-corrected chi connectivity index (χ0v) is 11.4. The lowest BCUT2D eigenvalue weighted by molar-refractivity contribution is -0.0899. The largest absolute Gasteiger partial charge is 0.373 e. The fraction of sp³-hybridized carbons (Fsp3) is 0.600. The number of hydrogen-bond acceptors (Lipinski definition) is 3. The number of hydrogen-bond donors (Lipinski definition) is 2. The summed E-state index contributed by atoms with van der Waals surface area (Å²) in [6, 6.07) is 8.68. The van der Waals surface area contributed by atoms with Crippen molar-refractivity contribution in [1.82, 2.24) is 5.43 Å². The van der Waals surface area contributed by atoms with Crippen molar-refractivity contribution in [1.29, 1.82) is 0 Å². The number of hydrazine groups is 1. The Kier molecular flexibility index (Phi) is 4.38. The molecule has 1 saturated heterocycles. The molecule has 1 aromatic rings. The number of benzene rings is 1. The van der Waals surface area contributed by atoms with Crippen molar-refractivity contribution >= 4 is 0 Å². The average molecular weight is 248 g/mol. The van der Waals surface area contributed by atoms with Crippen molar-refractivity contribution in [2.24, 2.45) is 5.84 Å². The molecule has 3 nitrogen and oxygen atoms in total. The predicted molar refractivity (Wildman–Crippen MR) is 74.1 cm³/mol. The molecule has 0 radical (unpaired) electrons. The SMILES string of the molecule is CCc1cccc(C(NN)C2(C)CCCCO2)c1. The molecule has 0 amide bonds. The maximum absolute atomic E-state index is 6.00. The highest BCUT2D eigenvalue weighted by atomic mass is 16.5. The van der Waals surface area contributed by atoms with Gasteiger partial charge in [0.1, 0.15) is 0 Å². The van der Waals surface area contributed by atoms with Crippen LogP contribution in [0.5, 0.6) is 0 Å².